The van der Waals surface area contributed by atoms with Gasteiger partial charge in [0.15, 0.2) is 0 Å². The number of rotatable bonds is 4. The van der Waals surface area contributed by atoms with E-state index in [4.69, 9.17) is 0 Å². The van der Waals surface area contributed by atoms with E-state index in [1.165, 1.54) is 6.07 Å². The molecule has 0 fully saturated rings. The van der Waals surface area contributed by atoms with Gasteiger partial charge < -0.3 is 4.98 Å². The van der Waals surface area contributed by atoms with Crippen molar-refractivity contribution in [2.45, 2.75) is 26.7 Å². The minimum absolute atomic E-state index is 0.0361. The summed E-state index contributed by atoms with van der Waals surface area (Å²) in [4.78, 5) is 26.9. The van der Waals surface area contributed by atoms with Gasteiger partial charge in [0, 0.05) is 23.2 Å². The fourth-order valence-electron chi connectivity index (χ4n) is 2.59. The molecule has 0 saturated heterocycles. The highest BCUT2D eigenvalue weighted by atomic mass is 16.1. The van der Waals surface area contributed by atoms with Crippen LogP contribution in [0.4, 0.5) is 0 Å². The van der Waals surface area contributed by atoms with Crippen molar-refractivity contribution in [1.82, 2.24) is 15.2 Å². The van der Waals surface area contributed by atoms with E-state index in [0.717, 1.165) is 22.5 Å². The van der Waals surface area contributed by atoms with E-state index in [1.807, 2.05) is 45.0 Å². The molecule has 0 spiro atoms. The van der Waals surface area contributed by atoms with Crippen LogP contribution in [0.1, 0.15) is 51.4 Å². The molecule has 5 heteroatoms. The number of carbonyl (C=O) groups is 1. The average molecular weight is 321 g/mol. The number of H-pyrrole nitrogens is 2. The van der Waals surface area contributed by atoms with Crippen LogP contribution >= 0.6 is 0 Å². The molecule has 1 unspecified atom stereocenters. The summed E-state index contributed by atoms with van der Waals surface area (Å²) in [5.41, 5.74) is 4.85. The maximum atomic E-state index is 12.6. The van der Waals surface area contributed by atoms with Crippen LogP contribution in [0.15, 0.2) is 47.3 Å². The average Bonchev–Trinajstić information content (AvgIpc) is 3.07. The zero-order valence-corrected chi connectivity index (χ0v) is 13.9. The Balaban J connectivity index is 1.86. The number of aryl methyl sites for hydroxylation is 2. The maximum Gasteiger partial charge on any atom is 0.264 e. The molecule has 24 heavy (non-hydrogen) atoms. The number of nitrogens with one attached hydrogen (secondary N) is 2. The summed E-state index contributed by atoms with van der Waals surface area (Å²) in [7, 11) is 0. The molecule has 0 amide bonds. The Labute approximate surface area is 139 Å². The van der Waals surface area contributed by atoms with Gasteiger partial charge in [-0.25, -0.2) is 5.10 Å². The van der Waals surface area contributed by atoms with Gasteiger partial charge in [0.05, 0.1) is 11.4 Å². The molecule has 0 aliphatic carbocycles. The van der Waals surface area contributed by atoms with Gasteiger partial charge in [-0.3, -0.25) is 9.59 Å². The molecule has 0 bridgehead atoms. The summed E-state index contributed by atoms with van der Waals surface area (Å²) < 4.78 is 0. The minimum Gasteiger partial charge on any atom is -0.355 e. The van der Waals surface area contributed by atoms with Gasteiger partial charge in [0.25, 0.3) is 5.56 Å². The van der Waals surface area contributed by atoms with Gasteiger partial charge in [-0.15, -0.1) is 0 Å². The van der Waals surface area contributed by atoms with Gasteiger partial charge in [0.2, 0.25) is 5.78 Å². The molecule has 2 heterocycles. The highest BCUT2D eigenvalue weighted by Gasteiger charge is 2.16. The van der Waals surface area contributed by atoms with Crippen LogP contribution in [-0.4, -0.2) is 21.0 Å². The van der Waals surface area contributed by atoms with E-state index < -0.39 is 0 Å². The molecule has 0 saturated carbocycles. The molecule has 0 radical (unpaired) electrons. The molecule has 0 aliphatic heterocycles. The second-order valence-corrected chi connectivity index (χ2v) is 6.02. The fraction of sp³-hybridized carbons (Fsp3) is 0.211. The normalized spacial score (nSPS) is 12.1. The smallest absolute Gasteiger partial charge is 0.264 e. The van der Waals surface area contributed by atoms with Crippen molar-refractivity contribution in [2.24, 2.45) is 0 Å². The van der Waals surface area contributed by atoms with Crippen molar-refractivity contribution in [3.05, 3.63) is 86.6 Å². The fourth-order valence-corrected chi connectivity index (χ4v) is 2.59. The number of nitrogens with zero attached hydrogens (tertiary/aromatic N) is 1. The number of aromatic nitrogens is 3. The number of benzene rings is 1. The van der Waals surface area contributed by atoms with Crippen LogP contribution in [0.2, 0.25) is 0 Å². The van der Waals surface area contributed by atoms with Crippen LogP contribution in [0.3, 0.4) is 0 Å². The molecular weight excluding hydrogens is 302 g/mol. The first kappa shape index (κ1) is 15.9. The molecule has 2 aromatic heterocycles. The molecule has 3 aromatic rings. The standard InChI is InChI=1S/C19H19N3O2/c1-11-4-5-14(10-12(11)2)19(24)17-7-6-15(20-17)13(3)16-8-9-18(23)22-21-16/h4-10,13,20H,1-3H3,(H,22,23). The Bertz CT molecular complexity index is 933. The van der Waals surface area contributed by atoms with Crippen molar-refractivity contribution in [3.8, 4) is 0 Å². The molecule has 0 aliphatic rings. The lowest BCUT2D eigenvalue weighted by Gasteiger charge is -2.08. The van der Waals surface area contributed by atoms with E-state index in [9.17, 15) is 9.59 Å². The summed E-state index contributed by atoms with van der Waals surface area (Å²) >= 11 is 0. The van der Waals surface area contributed by atoms with Crippen LogP contribution < -0.4 is 5.56 Å². The summed E-state index contributed by atoms with van der Waals surface area (Å²) in [5.74, 6) is -0.0888. The predicted molar refractivity (Wildman–Crippen MR) is 92.5 cm³/mol. The van der Waals surface area contributed by atoms with E-state index in [-0.39, 0.29) is 17.3 Å². The second kappa shape index (κ2) is 6.28. The Morgan fingerprint density at radius 3 is 2.50 bits per heavy atom. The molecule has 122 valence electrons. The molecule has 2 N–H and O–H groups in total. The third kappa shape index (κ3) is 3.06. The third-order valence-electron chi connectivity index (χ3n) is 4.33. The molecule has 5 nitrogen and oxygen atoms in total. The Hall–Kier alpha value is -2.95. The lowest BCUT2D eigenvalue weighted by molar-refractivity contribution is 0.103. The van der Waals surface area contributed by atoms with Gasteiger partial charge in [-0.2, -0.15) is 5.10 Å². The van der Waals surface area contributed by atoms with E-state index in [0.29, 0.717) is 11.3 Å². The van der Waals surface area contributed by atoms with E-state index >= 15 is 0 Å². The van der Waals surface area contributed by atoms with Crippen LogP contribution in [-0.2, 0) is 0 Å². The Morgan fingerprint density at radius 1 is 1.04 bits per heavy atom. The monoisotopic (exact) mass is 321 g/mol. The summed E-state index contributed by atoms with van der Waals surface area (Å²) in [5, 5.41) is 6.48. The third-order valence-corrected chi connectivity index (χ3v) is 4.33. The highest BCUT2D eigenvalue weighted by Crippen LogP contribution is 2.22. The Morgan fingerprint density at radius 2 is 1.83 bits per heavy atom. The van der Waals surface area contributed by atoms with Crippen molar-refractivity contribution in [2.75, 3.05) is 0 Å². The molecule has 1 atom stereocenters. The summed E-state index contributed by atoms with van der Waals surface area (Å²) in [6.07, 6.45) is 0. The first-order valence-corrected chi connectivity index (χ1v) is 7.82. The topological polar surface area (TPSA) is 78.6 Å². The highest BCUT2D eigenvalue weighted by molar-refractivity contribution is 6.08. The second-order valence-electron chi connectivity index (χ2n) is 6.02. The number of carbonyl (C=O) groups excluding carboxylic acids is 1. The van der Waals surface area contributed by atoms with Gasteiger partial charge in [-0.05, 0) is 49.2 Å². The molecule has 1 aromatic carbocycles. The Kier molecular flexibility index (Phi) is 4.16. The largest absolute Gasteiger partial charge is 0.355 e. The van der Waals surface area contributed by atoms with Crippen molar-refractivity contribution in [1.29, 1.82) is 0 Å². The molecular formula is C19H19N3O2. The van der Waals surface area contributed by atoms with Gasteiger partial charge >= 0.3 is 0 Å². The summed E-state index contributed by atoms with van der Waals surface area (Å²) in [6.45, 7) is 5.99. The summed E-state index contributed by atoms with van der Waals surface area (Å²) in [6, 6.07) is 12.5. The first-order chi connectivity index (χ1) is 11.5. The SMILES string of the molecule is Cc1ccc(C(=O)c2ccc(C(C)c3ccc(=O)[nH]n3)[nH]2)cc1C. The number of hydrogen-bond acceptors (Lipinski definition) is 3. The zero-order valence-electron chi connectivity index (χ0n) is 13.9. The lowest BCUT2D eigenvalue weighted by Crippen LogP contribution is -2.10. The van der Waals surface area contributed by atoms with Gasteiger partial charge in [0.1, 0.15) is 0 Å². The number of ketones is 1. The van der Waals surface area contributed by atoms with Crippen LogP contribution in [0.5, 0.6) is 0 Å². The van der Waals surface area contributed by atoms with E-state index in [1.54, 1.807) is 12.1 Å². The van der Waals surface area contributed by atoms with Crippen LogP contribution in [0.25, 0.3) is 0 Å². The van der Waals surface area contributed by atoms with E-state index in [2.05, 4.69) is 15.2 Å². The lowest BCUT2D eigenvalue weighted by atomic mass is 10.0. The van der Waals surface area contributed by atoms with Crippen molar-refractivity contribution >= 4 is 5.78 Å². The minimum atomic E-state index is -0.233. The number of hydrogen-bond donors (Lipinski definition) is 2. The van der Waals surface area contributed by atoms with Gasteiger partial charge in [-0.1, -0.05) is 19.1 Å². The number of aromatic amines is 2. The quantitative estimate of drug-likeness (QED) is 0.725. The molecule has 3 rings (SSSR count). The maximum absolute atomic E-state index is 12.6. The van der Waals surface area contributed by atoms with Crippen molar-refractivity contribution < 1.29 is 4.79 Å². The van der Waals surface area contributed by atoms with Crippen molar-refractivity contribution in [3.63, 3.8) is 0 Å². The first-order valence-electron chi connectivity index (χ1n) is 7.82. The predicted octanol–water partition coefficient (Wildman–Crippen LogP) is 3.10. The van der Waals surface area contributed by atoms with Crippen LogP contribution in [0, 0.1) is 13.8 Å². The zero-order chi connectivity index (χ0) is 17.3.